The molecule has 86 valence electrons. The molecule has 6 heteroatoms. The minimum absolute atomic E-state index is 0.247. The second kappa shape index (κ2) is 4.44. The maximum absolute atomic E-state index is 5.96. The van der Waals surface area contributed by atoms with Crippen LogP contribution in [0.2, 0.25) is 0 Å². The predicted octanol–water partition coefficient (Wildman–Crippen LogP) is 1.16. The summed E-state index contributed by atoms with van der Waals surface area (Å²) in [6.45, 7) is 4.02. The lowest BCUT2D eigenvalue weighted by atomic mass is 10.2. The summed E-state index contributed by atoms with van der Waals surface area (Å²) in [7, 11) is 0. The van der Waals surface area contributed by atoms with Gasteiger partial charge in [-0.25, -0.2) is 4.98 Å². The highest BCUT2D eigenvalue weighted by atomic mass is 16.5. The maximum Gasteiger partial charge on any atom is 0.243 e. The molecule has 0 bridgehead atoms. The van der Waals surface area contributed by atoms with Crippen LogP contribution >= 0.6 is 0 Å². The molecule has 0 unspecified atom stereocenters. The molecule has 0 saturated heterocycles. The molecule has 1 atom stereocenters. The first kappa shape index (κ1) is 10.8. The van der Waals surface area contributed by atoms with E-state index in [1.807, 2.05) is 13.8 Å². The maximum atomic E-state index is 5.96. The van der Waals surface area contributed by atoms with Crippen molar-refractivity contribution in [3.05, 3.63) is 29.9 Å². The third kappa shape index (κ3) is 2.27. The highest BCUT2D eigenvalue weighted by Crippen LogP contribution is 2.16. The Balaban J connectivity index is 2.06. The van der Waals surface area contributed by atoms with E-state index in [0.29, 0.717) is 18.1 Å². The van der Waals surface area contributed by atoms with Crippen molar-refractivity contribution in [1.82, 2.24) is 20.1 Å². The highest BCUT2D eigenvalue weighted by molar-refractivity contribution is 5.02. The van der Waals surface area contributed by atoms with Crippen LogP contribution in [0.4, 0.5) is 0 Å². The van der Waals surface area contributed by atoms with Gasteiger partial charge in [0.25, 0.3) is 0 Å². The Hall–Kier alpha value is -1.69. The molecule has 2 aromatic heterocycles. The summed E-state index contributed by atoms with van der Waals surface area (Å²) < 4.78 is 5.12. The summed E-state index contributed by atoms with van der Waals surface area (Å²) in [5.41, 5.74) is 6.91. The smallest absolute Gasteiger partial charge is 0.243 e. The molecule has 6 nitrogen and oxygen atoms in total. The van der Waals surface area contributed by atoms with Gasteiger partial charge in [-0.2, -0.15) is 4.98 Å². The monoisotopic (exact) mass is 221 g/mol. The van der Waals surface area contributed by atoms with Gasteiger partial charge in [0.1, 0.15) is 0 Å². The predicted molar refractivity (Wildman–Crippen MR) is 57.6 cm³/mol. The Morgan fingerprint density at radius 3 is 2.88 bits per heavy atom. The third-order valence-corrected chi connectivity index (χ3v) is 2.29. The molecule has 0 radical (unpaired) electrons. The molecule has 2 heterocycles. The largest absolute Gasteiger partial charge is 0.348 e. The number of imidazole rings is 1. The second-order valence-electron chi connectivity index (χ2n) is 4.03. The van der Waals surface area contributed by atoms with Gasteiger partial charge in [0.15, 0.2) is 5.82 Å². The van der Waals surface area contributed by atoms with Gasteiger partial charge in [0, 0.05) is 24.2 Å². The van der Waals surface area contributed by atoms with Gasteiger partial charge >= 0.3 is 0 Å². The fraction of sp³-hybridized carbons (Fsp3) is 0.500. The van der Waals surface area contributed by atoms with Gasteiger partial charge in [-0.3, -0.25) is 0 Å². The molecule has 0 aromatic carbocycles. The van der Waals surface area contributed by atoms with E-state index in [1.54, 1.807) is 12.5 Å². The summed E-state index contributed by atoms with van der Waals surface area (Å²) in [6.07, 6.45) is 3.97. The highest BCUT2D eigenvalue weighted by Gasteiger charge is 2.17. The van der Waals surface area contributed by atoms with Crippen LogP contribution in [-0.4, -0.2) is 20.1 Å². The number of nitrogens with zero attached hydrogens (tertiary/aromatic N) is 3. The Morgan fingerprint density at radius 1 is 1.50 bits per heavy atom. The molecule has 0 fully saturated rings. The molecule has 0 aliphatic rings. The van der Waals surface area contributed by atoms with Crippen LogP contribution in [0.15, 0.2) is 17.0 Å². The van der Waals surface area contributed by atoms with E-state index in [1.165, 1.54) is 0 Å². The number of rotatable bonds is 4. The molecule has 2 rings (SSSR count). The van der Waals surface area contributed by atoms with Crippen molar-refractivity contribution >= 4 is 0 Å². The zero-order valence-electron chi connectivity index (χ0n) is 9.34. The Bertz CT molecular complexity index is 434. The average molecular weight is 221 g/mol. The summed E-state index contributed by atoms with van der Waals surface area (Å²) in [4.78, 5) is 11.2. The minimum atomic E-state index is -0.291. The van der Waals surface area contributed by atoms with Crippen molar-refractivity contribution in [3.63, 3.8) is 0 Å². The molecule has 0 aliphatic heterocycles. The number of nitrogens with two attached hydrogens (primary N) is 1. The van der Waals surface area contributed by atoms with E-state index in [9.17, 15) is 0 Å². The molecule has 0 saturated carbocycles. The van der Waals surface area contributed by atoms with E-state index in [2.05, 4.69) is 20.1 Å². The summed E-state index contributed by atoms with van der Waals surface area (Å²) in [6, 6.07) is -0.291. The lowest BCUT2D eigenvalue weighted by molar-refractivity contribution is 0.348. The minimum Gasteiger partial charge on any atom is -0.348 e. The van der Waals surface area contributed by atoms with Crippen LogP contribution in [0.5, 0.6) is 0 Å². The molecular weight excluding hydrogens is 206 g/mol. The van der Waals surface area contributed by atoms with Crippen LogP contribution in [0.1, 0.15) is 43.2 Å². The number of aromatic amines is 1. The number of nitrogens with one attached hydrogen (secondary N) is 1. The third-order valence-electron chi connectivity index (χ3n) is 2.29. The van der Waals surface area contributed by atoms with Crippen LogP contribution in [-0.2, 0) is 6.42 Å². The van der Waals surface area contributed by atoms with Crippen LogP contribution in [0.25, 0.3) is 0 Å². The fourth-order valence-corrected chi connectivity index (χ4v) is 1.35. The van der Waals surface area contributed by atoms with E-state index in [0.717, 1.165) is 5.69 Å². The quantitative estimate of drug-likeness (QED) is 0.807. The SMILES string of the molecule is CC(C)c1noc([C@@H](N)Cc2cnc[nH]2)n1. The first-order valence-electron chi connectivity index (χ1n) is 5.23. The molecule has 0 amide bonds. The summed E-state index contributed by atoms with van der Waals surface area (Å²) in [5.74, 6) is 1.41. The number of hydrogen-bond acceptors (Lipinski definition) is 5. The molecule has 3 N–H and O–H groups in total. The van der Waals surface area contributed by atoms with Crippen molar-refractivity contribution in [3.8, 4) is 0 Å². The van der Waals surface area contributed by atoms with Crippen molar-refractivity contribution in [1.29, 1.82) is 0 Å². The molecular formula is C10H15N5O. The zero-order valence-corrected chi connectivity index (χ0v) is 9.34. The number of H-pyrrole nitrogens is 1. The Morgan fingerprint density at radius 2 is 2.31 bits per heavy atom. The van der Waals surface area contributed by atoms with Crippen molar-refractivity contribution < 1.29 is 4.52 Å². The second-order valence-corrected chi connectivity index (χ2v) is 4.03. The Labute approximate surface area is 93.3 Å². The van der Waals surface area contributed by atoms with Gasteiger partial charge in [-0.05, 0) is 0 Å². The number of hydrogen-bond donors (Lipinski definition) is 2. The fourth-order valence-electron chi connectivity index (χ4n) is 1.35. The van der Waals surface area contributed by atoms with E-state index >= 15 is 0 Å². The zero-order chi connectivity index (χ0) is 11.5. The molecule has 0 spiro atoms. The first-order valence-corrected chi connectivity index (χ1v) is 5.23. The standard InChI is InChI=1S/C10H15N5O/c1-6(2)9-14-10(16-15-9)8(11)3-7-4-12-5-13-7/h4-6,8H,3,11H2,1-2H3,(H,12,13)/t8-/m0/s1. The van der Waals surface area contributed by atoms with Crippen LogP contribution in [0, 0.1) is 0 Å². The van der Waals surface area contributed by atoms with Gasteiger partial charge in [-0.15, -0.1) is 0 Å². The first-order chi connectivity index (χ1) is 7.66. The van der Waals surface area contributed by atoms with E-state index in [-0.39, 0.29) is 12.0 Å². The molecule has 16 heavy (non-hydrogen) atoms. The van der Waals surface area contributed by atoms with Crippen molar-refractivity contribution in [2.75, 3.05) is 0 Å². The van der Waals surface area contributed by atoms with Gasteiger partial charge < -0.3 is 15.2 Å². The summed E-state index contributed by atoms with van der Waals surface area (Å²) >= 11 is 0. The van der Waals surface area contributed by atoms with Gasteiger partial charge in [0.2, 0.25) is 5.89 Å². The van der Waals surface area contributed by atoms with E-state index in [4.69, 9.17) is 10.3 Å². The van der Waals surface area contributed by atoms with Gasteiger partial charge in [0.05, 0.1) is 12.4 Å². The Kier molecular flexibility index (Phi) is 3.00. The lowest BCUT2D eigenvalue weighted by Crippen LogP contribution is -2.14. The lowest BCUT2D eigenvalue weighted by Gasteiger charge is -2.03. The van der Waals surface area contributed by atoms with E-state index < -0.39 is 0 Å². The average Bonchev–Trinajstić information content (AvgIpc) is 2.86. The van der Waals surface area contributed by atoms with Crippen molar-refractivity contribution in [2.24, 2.45) is 5.73 Å². The molecule has 2 aromatic rings. The molecule has 0 aliphatic carbocycles. The number of aromatic nitrogens is 4. The topological polar surface area (TPSA) is 93.6 Å². The normalized spacial score (nSPS) is 13.2. The van der Waals surface area contributed by atoms with Crippen LogP contribution in [0.3, 0.4) is 0 Å². The van der Waals surface area contributed by atoms with Crippen molar-refractivity contribution in [2.45, 2.75) is 32.2 Å². The van der Waals surface area contributed by atoms with Crippen LogP contribution < -0.4 is 5.73 Å². The van der Waals surface area contributed by atoms with Gasteiger partial charge in [-0.1, -0.05) is 19.0 Å². The summed E-state index contributed by atoms with van der Waals surface area (Å²) in [5, 5.41) is 3.87.